The van der Waals surface area contributed by atoms with E-state index >= 15 is 0 Å². The molecule has 0 saturated carbocycles. The van der Waals surface area contributed by atoms with Crippen molar-refractivity contribution >= 4 is 23.2 Å². The monoisotopic (exact) mass is 461 g/mol. The molecule has 0 unspecified atom stereocenters. The highest BCUT2D eigenvalue weighted by Crippen LogP contribution is 2.18. The molecule has 1 N–H and O–H groups in total. The molecule has 4 rings (SSSR count). The van der Waals surface area contributed by atoms with E-state index in [9.17, 15) is 4.79 Å². The average molecular weight is 462 g/mol. The van der Waals surface area contributed by atoms with Gasteiger partial charge >= 0.3 is 0 Å². The zero-order valence-electron chi connectivity index (χ0n) is 18.2. The van der Waals surface area contributed by atoms with Crippen LogP contribution in [0.5, 0.6) is 11.5 Å². The number of nitrogens with zero attached hydrogens (tertiary/aromatic N) is 2. The van der Waals surface area contributed by atoms with Crippen LogP contribution in [0.1, 0.15) is 28.4 Å². The number of halogens is 1. The number of ether oxygens (including phenoxy) is 2. The quantitative estimate of drug-likeness (QED) is 0.333. The second-order valence-corrected chi connectivity index (χ2v) is 7.87. The standard InChI is InChI=1S/C26H24ClN3O3/c1-2-19-6-10-25(11-7-19)33-18-30-16-23(15-28-30)29-26(31)21-5-3-4-20(14-21)17-32-24-12-8-22(27)9-13-24/h3-16H,2,17-18H2,1H3,(H,29,31). The van der Waals surface area contributed by atoms with Gasteiger partial charge in [-0.3, -0.25) is 4.79 Å². The van der Waals surface area contributed by atoms with Crippen molar-refractivity contribution in [3.05, 3.63) is 107 Å². The van der Waals surface area contributed by atoms with E-state index in [4.69, 9.17) is 21.1 Å². The van der Waals surface area contributed by atoms with E-state index in [0.717, 1.165) is 17.7 Å². The number of aryl methyl sites for hydroxylation is 1. The van der Waals surface area contributed by atoms with Crippen LogP contribution < -0.4 is 14.8 Å². The predicted octanol–water partition coefficient (Wildman–Crippen LogP) is 5.97. The van der Waals surface area contributed by atoms with Crippen LogP contribution in [-0.2, 0) is 19.8 Å². The van der Waals surface area contributed by atoms with Crippen molar-refractivity contribution in [2.75, 3.05) is 5.32 Å². The molecule has 0 spiro atoms. The number of hydrogen-bond donors (Lipinski definition) is 1. The van der Waals surface area contributed by atoms with Crippen LogP contribution in [0.2, 0.25) is 5.02 Å². The van der Waals surface area contributed by atoms with Crippen molar-refractivity contribution < 1.29 is 14.3 Å². The number of amides is 1. The van der Waals surface area contributed by atoms with Crippen LogP contribution in [0.4, 0.5) is 5.69 Å². The van der Waals surface area contributed by atoms with Gasteiger partial charge in [0.1, 0.15) is 18.1 Å². The van der Waals surface area contributed by atoms with Crippen molar-refractivity contribution in [3.63, 3.8) is 0 Å². The van der Waals surface area contributed by atoms with Crippen LogP contribution in [0.15, 0.2) is 85.2 Å². The van der Waals surface area contributed by atoms with Gasteiger partial charge < -0.3 is 14.8 Å². The summed E-state index contributed by atoms with van der Waals surface area (Å²) in [5.74, 6) is 1.26. The predicted molar refractivity (Wildman–Crippen MR) is 129 cm³/mol. The zero-order valence-corrected chi connectivity index (χ0v) is 19.0. The Bertz CT molecular complexity index is 1200. The molecule has 1 amide bonds. The Hall–Kier alpha value is -3.77. The third-order valence-corrected chi connectivity index (χ3v) is 5.25. The molecule has 0 aliphatic carbocycles. The van der Waals surface area contributed by atoms with Crippen LogP contribution >= 0.6 is 11.6 Å². The maximum Gasteiger partial charge on any atom is 0.255 e. The lowest BCUT2D eigenvalue weighted by Gasteiger charge is -2.08. The summed E-state index contributed by atoms with van der Waals surface area (Å²) in [5.41, 5.74) is 3.27. The molecular formula is C26H24ClN3O3. The van der Waals surface area contributed by atoms with Crippen molar-refractivity contribution in [3.8, 4) is 11.5 Å². The number of aromatic nitrogens is 2. The van der Waals surface area contributed by atoms with Crippen LogP contribution in [0, 0.1) is 0 Å². The molecule has 1 heterocycles. The summed E-state index contributed by atoms with van der Waals surface area (Å²) in [7, 11) is 0. The number of anilines is 1. The summed E-state index contributed by atoms with van der Waals surface area (Å²) in [5, 5.41) is 7.77. The Morgan fingerprint density at radius 3 is 2.45 bits per heavy atom. The van der Waals surface area contributed by atoms with E-state index in [2.05, 4.69) is 17.3 Å². The van der Waals surface area contributed by atoms with Gasteiger partial charge in [0.25, 0.3) is 5.91 Å². The minimum Gasteiger partial charge on any atom is -0.489 e. The lowest BCUT2D eigenvalue weighted by molar-refractivity contribution is 0.102. The molecule has 0 radical (unpaired) electrons. The van der Waals surface area contributed by atoms with Gasteiger partial charge in [-0.1, -0.05) is 42.8 Å². The fourth-order valence-electron chi connectivity index (χ4n) is 3.16. The molecule has 3 aromatic carbocycles. The number of rotatable bonds is 9. The number of nitrogens with one attached hydrogen (secondary N) is 1. The molecule has 1 aromatic heterocycles. The number of carbonyl (C=O) groups is 1. The summed E-state index contributed by atoms with van der Waals surface area (Å²) >= 11 is 5.90. The van der Waals surface area contributed by atoms with Crippen molar-refractivity contribution in [1.82, 2.24) is 9.78 Å². The Kier molecular flexibility index (Phi) is 7.27. The van der Waals surface area contributed by atoms with E-state index in [1.165, 1.54) is 5.56 Å². The molecular weight excluding hydrogens is 438 g/mol. The number of carbonyl (C=O) groups excluding carboxylic acids is 1. The van der Waals surface area contributed by atoms with Crippen molar-refractivity contribution in [2.24, 2.45) is 0 Å². The summed E-state index contributed by atoms with van der Waals surface area (Å²) in [4.78, 5) is 12.7. The highest BCUT2D eigenvalue weighted by molar-refractivity contribution is 6.30. The van der Waals surface area contributed by atoms with E-state index in [0.29, 0.717) is 28.6 Å². The highest BCUT2D eigenvalue weighted by atomic mass is 35.5. The normalized spacial score (nSPS) is 10.6. The smallest absolute Gasteiger partial charge is 0.255 e. The SMILES string of the molecule is CCc1ccc(OCn2cc(NC(=O)c3cccc(COc4ccc(Cl)cc4)c3)cn2)cc1. The van der Waals surface area contributed by atoms with Gasteiger partial charge in [-0.15, -0.1) is 0 Å². The van der Waals surface area contributed by atoms with Crippen LogP contribution in [-0.4, -0.2) is 15.7 Å². The molecule has 0 saturated heterocycles. The van der Waals surface area contributed by atoms with Crippen LogP contribution in [0.25, 0.3) is 0 Å². The average Bonchev–Trinajstić information content (AvgIpc) is 3.30. The first-order chi connectivity index (χ1) is 16.1. The van der Waals surface area contributed by atoms with E-state index in [1.54, 1.807) is 53.5 Å². The Balaban J connectivity index is 1.31. The lowest BCUT2D eigenvalue weighted by atomic mass is 10.1. The number of benzene rings is 3. The van der Waals surface area contributed by atoms with Gasteiger partial charge in [0.15, 0.2) is 6.73 Å². The third kappa shape index (κ3) is 6.37. The highest BCUT2D eigenvalue weighted by Gasteiger charge is 2.09. The molecule has 0 bridgehead atoms. The summed E-state index contributed by atoms with van der Waals surface area (Å²) < 4.78 is 13.1. The van der Waals surface area contributed by atoms with Gasteiger partial charge in [-0.2, -0.15) is 5.10 Å². The number of hydrogen-bond acceptors (Lipinski definition) is 4. The fourth-order valence-corrected chi connectivity index (χ4v) is 3.29. The van der Waals surface area contributed by atoms with Crippen molar-refractivity contribution in [1.29, 1.82) is 0 Å². The van der Waals surface area contributed by atoms with Gasteiger partial charge in [-0.25, -0.2) is 4.68 Å². The summed E-state index contributed by atoms with van der Waals surface area (Å²) in [6, 6.07) is 22.4. The maximum atomic E-state index is 12.7. The first-order valence-corrected chi connectivity index (χ1v) is 11.0. The Morgan fingerprint density at radius 2 is 1.70 bits per heavy atom. The fraction of sp³-hybridized carbons (Fsp3) is 0.154. The first kappa shape index (κ1) is 22.4. The Morgan fingerprint density at radius 1 is 0.970 bits per heavy atom. The molecule has 33 heavy (non-hydrogen) atoms. The molecule has 0 atom stereocenters. The molecule has 7 heteroatoms. The van der Waals surface area contributed by atoms with Crippen molar-refractivity contribution in [2.45, 2.75) is 26.7 Å². The molecule has 4 aromatic rings. The largest absolute Gasteiger partial charge is 0.489 e. The second-order valence-electron chi connectivity index (χ2n) is 7.44. The zero-order chi connectivity index (χ0) is 23.0. The Labute approximate surface area is 197 Å². The molecule has 6 nitrogen and oxygen atoms in total. The molecule has 0 aliphatic heterocycles. The summed E-state index contributed by atoms with van der Waals surface area (Å²) in [6.45, 7) is 2.71. The molecule has 0 aliphatic rings. The minimum absolute atomic E-state index is 0.223. The van der Waals surface area contributed by atoms with Gasteiger partial charge in [0, 0.05) is 10.6 Å². The second kappa shape index (κ2) is 10.7. The lowest BCUT2D eigenvalue weighted by Crippen LogP contribution is -2.12. The molecule has 168 valence electrons. The topological polar surface area (TPSA) is 65.4 Å². The van der Waals surface area contributed by atoms with Gasteiger partial charge in [0.2, 0.25) is 0 Å². The molecule has 0 fully saturated rings. The summed E-state index contributed by atoms with van der Waals surface area (Å²) in [6.07, 6.45) is 4.31. The first-order valence-electron chi connectivity index (χ1n) is 10.6. The minimum atomic E-state index is -0.223. The van der Waals surface area contributed by atoms with E-state index < -0.39 is 0 Å². The van der Waals surface area contributed by atoms with E-state index in [-0.39, 0.29) is 12.6 Å². The van der Waals surface area contributed by atoms with Gasteiger partial charge in [-0.05, 0) is 66.1 Å². The van der Waals surface area contributed by atoms with Crippen LogP contribution in [0.3, 0.4) is 0 Å². The maximum absolute atomic E-state index is 12.7. The van der Waals surface area contributed by atoms with Gasteiger partial charge in [0.05, 0.1) is 18.1 Å². The third-order valence-electron chi connectivity index (χ3n) is 4.99. The van der Waals surface area contributed by atoms with E-state index in [1.807, 2.05) is 36.4 Å².